The van der Waals surface area contributed by atoms with E-state index in [4.69, 9.17) is 23.2 Å². The van der Waals surface area contributed by atoms with Gasteiger partial charge in [0.1, 0.15) is 0 Å². The van der Waals surface area contributed by atoms with Crippen molar-refractivity contribution >= 4 is 57.0 Å². The average Bonchev–Trinajstić information content (AvgIpc) is 3.06. The number of aromatic amines is 2. The van der Waals surface area contributed by atoms with Gasteiger partial charge in [-0.2, -0.15) is 5.10 Å². The summed E-state index contributed by atoms with van der Waals surface area (Å²) in [6.07, 6.45) is -1.10. The minimum absolute atomic E-state index is 0.233. The number of carboxylic acid groups (broad SMARTS) is 1. The van der Waals surface area contributed by atoms with Crippen molar-refractivity contribution in [1.82, 2.24) is 20.2 Å². The summed E-state index contributed by atoms with van der Waals surface area (Å²) >= 11 is 12.2. The van der Waals surface area contributed by atoms with Gasteiger partial charge < -0.3 is 10.1 Å². The van der Waals surface area contributed by atoms with Crippen molar-refractivity contribution in [1.29, 1.82) is 0 Å². The van der Waals surface area contributed by atoms with Crippen molar-refractivity contribution in [2.75, 3.05) is 11.4 Å². The van der Waals surface area contributed by atoms with E-state index < -0.39 is 6.09 Å². The van der Waals surface area contributed by atoms with E-state index in [-0.39, 0.29) is 23.1 Å². The molecule has 0 saturated heterocycles. The Labute approximate surface area is 167 Å². The second kappa shape index (κ2) is 6.81. The maximum absolute atomic E-state index is 12.1. The predicted molar refractivity (Wildman–Crippen MR) is 109 cm³/mol. The van der Waals surface area contributed by atoms with Crippen molar-refractivity contribution in [3.63, 3.8) is 0 Å². The molecule has 2 heterocycles. The summed E-state index contributed by atoms with van der Waals surface area (Å²) in [7, 11) is 0. The zero-order valence-electron chi connectivity index (χ0n) is 14.5. The molecule has 4 rings (SSSR count). The number of rotatable bonds is 3. The van der Waals surface area contributed by atoms with Gasteiger partial charge in [-0.3, -0.25) is 4.79 Å². The zero-order valence-corrected chi connectivity index (χ0v) is 16.0. The number of carbonyl (C=O) groups is 1. The Morgan fingerprint density at radius 1 is 1.18 bits per heavy atom. The lowest BCUT2D eigenvalue weighted by atomic mass is 10.0. The molecule has 4 aromatic rings. The molecule has 2 aromatic heterocycles. The molecule has 10 heteroatoms. The standard InChI is InChI=1S/C18H13Cl2N5O3/c1-2-25(18(27)28)17-21-13-4-3-8(5-14(13)22-17)15-9-6-11(19)12(20)7-10(9)16(26)24-23-15/h3-7H,2H2,1H3,(H,21,22)(H,24,26)(H,27,28). The molecule has 8 nitrogen and oxygen atoms in total. The van der Waals surface area contributed by atoms with Crippen LogP contribution in [0.3, 0.4) is 0 Å². The van der Waals surface area contributed by atoms with Crippen LogP contribution in [-0.4, -0.2) is 37.9 Å². The van der Waals surface area contributed by atoms with Crippen molar-refractivity contribution in [2.24, 2.45) is 0 Å². The molecule has 0 aliphatic rings. The number of imidazole rings is 1. The van der Waals surface area contributed by atoms with Crippen LogP contribution in [0.1, 0.15) is 6.92 Å². The molecular weight excluding hydrogens is 405 g/mol. The fraction of sp³-hybridized carbons (Fsp3) is 0.111. The monoisotopic (exact) mass is 417 g/mol. The molecule has 0 spiro atoms. The molecule has 2 aromatic carbocycles. The highest BCUT2D eigenvalue weighted by Crippen LogP contribution is 2.32. The van der Waals surface area contributed by atoms with Gasteiger partial charge in [0.05, 0.1) is 32.2 Å². The number of hydrogen-bond acceptors (Lipinski definition) is 4. The summed E-state index contributed by atoms with van der Waals surface area (Å²) in [6, 6.07) is 8.41. The average molecular weight is 418 g/mol. The third kappa shape index (κ3) is 2.96. The Kier molecular flexibility index (Phi) is 4.44. The molecule has 0 unspecified atom stereocenters. The van der Waals surface area contributed by atoms with Crippen molar-refractivity contribution in [3.8, 4) is 11.3 Å². The molecule has 0 bridgehead atoms. The minimum atomic E-state index is -1.10. The van der Waals surface area contributed by atoms with Crippen molar-refractivity contribution < 1.29 is 9.90 Å². The van der Waals surface area contributed by atoms with Crippen LogP contribution < -0.4 is 10.5 Å². The lowest BCUT2D eigenvalue weighted by Gasteiger charge is -2.12. The number of halogens is 2. The number of amides is 1. The smallest absolute Gasteiger partial charge is 0.414 e. The van der Waals surface area contributed by atoms with Gasteiger partial charge >= 0.3 is 6.09 Å². The number of anilines is 1. The Balaban J connectivity index is 1.90. The molecule has 0 radical (unpaired) electrons. The van der Waals surface area contributed by atoms with Crippen LogP contribution in [0.25, 0.3) is 33.1 Å². The highest BCUT2D eigenvalue weighted by atomic mass is 35.5. The number of aromatic nitrogens is 4. The van der Waals surface area contributed by atoms with Crippen LogP contribution in [0.5, 0.6) is 0 Å². The van der Waals surface area contributed by atoms with E-state index >= 15 is 0 Å². The molecule has 0 aliphatic heterocycles. The first-order chi connectivity index (χ1) is 13.4. The van der Waals surface area contributed by atoms with E-state index in [0.29, 0.717) is 38.1 Å². The second-order valence-corrected chi connectivity index (χ2v) is 6.85. The molecular formula is C18H13Cl2N5O3. The van der Waals surface area contributed by atoms with Gasteiger partial charge in [-0.15, -0.1) is 0 Å². The minimum Gasteiger partial charge on any atom is -0.465 e. The van der Waals surface area contributed by atoms with E-state index in [0.717, 1.165) is 4.90 Å². The maximum Gasteiger partial charge on any atom is 0.414 e. The first-order valence-electron chi connectivity index (χ1n) is 8.27. The number of H-pyrrole nitrogens is 2. The van der Waals surface area contributed by atoms with E-state index in [1.807, 2.05) is 0 Å². The maximum atomic E-state index is 12.1. The van der Waals surface area contributed by atoms with Crippen molar-refractivity contribution in [2.45, 2.75) is 6.92 Å². The van der Waals surface area contributed by atoms with Crippen LogP contribution >= 0.6 is 23.2 Å². The molecule has 28 heavy (non-hydrogen) atoms. The summed E-state index contributed by atoms with van der Waals surface area (Å²) in [5.41, 5.74) is 2.07. The molecule has 1 amide bonds. The first-order valence-corrected chi connectivity index (χ1v) is 9.02. The number of fused-ring (bicyclic) bond motifs is 2. The number of benzene rings is 2. The predicted octanol–water partition coefficient (Wildman–Crippen LogP) is 4.28. The Morgan fingerprint density at radius 2 is 1.89 bits per heavy atom. The normalized spacial score (nSPS) is 11.2. The van der Waals surface area contributed by atoms with Gasteiger partial charge in [0.15, 0.2) is 0 Å². The van der Waals surface area contributed by atoms with E-state index in [1.165, 1.54) is 6.07 Å². The highest BCUT2D eigenvalue weighted by Gasteiger charge is 2.17. The molecule has 0 saturated carbocycles. The van der Waals surface area contributed by atoms with Crippen LogP contribution in [0, 0.1) is 0 Å². The largest absolute Gasteiger partial charge is 0.465 e. The Bertz CT molecular complexity index is 1300. The number of nitrogens with one attached hydrogen (secondary N) is 2. The summed E-state index contributed by atoms with van der Waals surface area (Å²) in [4.78, 5) is 31.9. The van der Waals surface area contributed by atoms with Crippen LogP contribution in [0.15, 0.2) is 35.1 Å². The lowest BCUT2D eigenvalue weighted by molar-refractivity contribution is 0.202. The third-order valence-corrected chi connectivity index (χ3v) is 5.10. The topological polar surface area (TPSA) is 115 Å². The summed E-state index contributed by atoms with van der Waals surface area (Å²) < 4.78 is 0. The highest BCUT2D eigenvalue weighted by molar-refractivity contribution is 6.43. The molecule has 0 atom stereocenters. The van der Waals surface area contributed by atoms with Gasteiger partial charge in [0.25, 0.3) is 5.56 Å². The van der Waals surface area contributed by atoms with E-state index in [1.54, 1.807) is 31.2 Å². The third-order valence-electron chi connectivity index (χ3n) is 4.38. The molecule has 142 valence electrons. The van der Waals surface area contributed by atoms with Gasteiger partial charge in [-0.25, -0.2) is 19.8 Å². The van der Waals surface area contributed by atoms with Crippen molar-refractivity contribution in [3.05, 3.63) is 50.7 Å². The summed E-state index contributed by atoms with van der Waals surface area (Å²) in [5.74, 6) is 0.233. The summed E-state index contributed by atoms with van der Waals surface area (Å²) in [5, 5.41) is 17.4. The van der Waals surface area contributed by atoms with Crippen LogP contribution in [-0.2, 0) is 0 Å². The van der Waals surface area contributed by atoms with Gasteiger partial charge in [-0.05, 0) is 31.2 Å². The molecule has 3 N–H and O–H groups in total. The second-order valence-electron chi connectivity index (χ2n) is 6.03. The van der Waals surface area contributed by atoms with Gasteiger partial charge in [0.2, 0.25) is 5.95 Å². The van der Waals surface area contributed by atoms with Crippen LogP contribution in [0.4, 0.5) is 10.7 Å². The van der Waals surface area contributed by atoms with Gasteiger partial charge in [-0.1, -0.05) is 29.3 Å². The summed E-state index contributed by atoms with van der Waals surface area (Å²) in [6.45, 7) is 1.98. The van der Waals surface area contributed by atoms with E-state index in [9.17, 15) is 14.7 Å². The zero-order chi connectivity index (χ0) is 20.0. The quantitative estimate of drug-likeness (QED) is 0.460. The fourth-order valence-electron chi connectivity index (χ4n) is 3.02. The Hall–Kier alpha value is -3.10. The van der Waals surface area contributed by atoms with Crippen LogP contribution in [0.2, 0.25) is 10.0 Å². The Morgan fingerprint density at radius 3 is 2.57 bits per heavy atom. The molecule has 0 aliphatic carbocycles. The number of hydrogen-bond donors (Lipinski definition) is 3. The SMILES string of the molecule is CCN(C(=O)O)c1nc2ccc(-c3n[nH]c(=O)c4cc(Cl)c(Cl)cc34)cc2[nH]1. The van der Waals surface area contributed by atoms with Gasteiger partial charge in [0, 0.05) is 17.5 Å². The lowest BCUT2D eigenvalue weighted by Crippen LogP contribution is -2.29. The van der Waals surface area contributed by atoms with E-state index in [2.05, 4.69) is 20.2 Å². The number of nitrogens with zero attached hydrogens (tertiary/aromatic N) is 3. The first kappa shape index (κ1) is 18.3. The fourth-order valence-corrected chi connectivity index (χ4v) is 3.35. The molecule has 0 fully saturated rings.